The van der Waals surface area contributed by atoms with Gasteiger partial charge in [0, 0.05) is 5.56 Å². The number of nitrogens with zero attached hydrogens (tertiary/aromatic N) is 4. The van der Waals surface area contributed by atoms with Gasteiger partial charge in [-0.2, -0.15) is 4.79 Å². The molecule has 2 aromatic rings. The Kier molecular flexibility index (Phi) is 3.01. The lowest BCUT2D eigenvalue weighted by Crippen LogP contribution is -2.11. The van der Waals surface area contributed by atoms with Gasteiger partial charge in [0.25, 0.3) is 0 Å². The van der Waals surface area contributed by atoms with Crippen molar-refractivity contribution in [2.24, 2.45) is 4.99 Å². The summed E-state index contributed by atoms with van der Waals surface area (Å²) in [5, 5.41) is 3.98. The molecule has 98 valence electrons. The van der Waals surface area contributed by atoms with Crippen molar-refractivity contribution in [3.05, 3.63) is 36.4 Å². The minimum Gasteiger partial charge on any atom is -0.494 e. The lowest BCUT2D eigenvalue weighted by Gasteiger charge is -2.12. The van der Waals surface area contributed by atoms with Gasteiger partial charge >= 0.3 is 0 Å². The number of hydrogen-bond donors (Lipinski definition) is 1. The molecular formula is C12H13N5O2. The molecular weight excluding hydrogens is 246 g/mol. The molecule has 0 unspecified atom stereocenters. The standard InChI is InChI=1S/C12H13N5O2/c1-18-11-6-9(12-14-4-5-19-12)2-3-10(11)16-17-8-13-7-15-17/h2-3,6-8,16H,4-5H2,1H3. The number of hydrogen-bond acceptors (Lipinski definition) is 6. The fourth-order valence-corrected chi connectivity index (χ4v) is 1.82. The van der Waals surface area contributed by atoms with Crippen molar-refractivity contribution in [3.8, 4) is 5.75 Å². The summed E-state index contributed by atoms with van der Waals surface area (Å²) in [6, 6.07) is 5.69. The summed E-state index contributed by atoms with van der Waals surface area (Å²) in [6.07, 6.45) is 3.02. The van der Waals surface area contributed by atoms with Crippen molar-refractivity contribution < 1.29 is 9.47 Å². The summed E-state index contributed by atoms with van der Waals surface area (Å²) >= 11 is 0. The minimum atomic E-state index is 0.636. The minimum absolute atomic E-state index is 0.636. The predicted molar refractivity (Wildman–Crippen MR) is 69.4 cm³/mol. The lowest BCUT2D eigenvalue weighted by atomic mass is 10.2. The average Bonchev–Trinajstić information content (AvgIpc) is 3.12. The molecule has 7 heteroatoms. The third-order valence-corrected chi connectivity index (χ3v) is 2.69. The summed E-state index contributed by atoms with van der Waals surface area (Å²) in [5.74, 6) is 1.34. The highest BCUT2D eigenvalue weighted by Crippen LogP contribution is 2.26. The van der Waals surface area contributed by atoms with E-state index in [-0.39, 0.29) is 0 Å². The first-order valence-electron chi connectivity index (χ1n) is 5.84. The molecule has 1 N–H and O–H groups in total. The Labute approximate surface area is 109 Å². The van der Waals surface area contributed by atoms with Gasteiger partial charge in [0.05, 0.1) is 19.3 Å². The van der Waals surface area contributed by atoms with Crippen LogP contribution in [0, 0.1) is 0 Å². The Hall–Kier alpha value is -2.57. The van der Waals surface area contributed by atoms with Crippen LogP contribution in [0.15, 0.2) is 35.8 Å². The maximum atomic E-state index is 5.43. The fraction of sp³-hybridized carbons (Fsp3) is 0.250. The highest BCUT2D eigenvalue weighted by atomic mass is 16.5. The van der Waals surface area contributed by atoms with Crippen LogP contribution in [0.25, 0.3) is 0 Å². The van der Waals surface area contributed by atoms with Crippen molar-refractivity contribution in [3.63, 3.8) is 0 Å². The zero-order valence-corrected chi connectivity index (χ0v) is 10.4. The molecule has 1 aliphatic heterocycles. The van der Waals surface area contributed by atoms with E-state index in [2.05, 4.69) is 20.5 Å². The van der Waals surface area contributed by atoms with Crippen LogP contribution >= 0.6 is 0 Å². The lowest BCUT2D eigenvalue weighted by molar-refractivity contribution is 0.348. The number of aliphatic imine (C=N–C) groups is 1. The van der Waals surface area contributed by atoms with E-state index in [9.17, 15) is 0 Å². The first kappa shape index (κ1) is 11.5. The highest BCUT2D eigenvalue weighted by molar-refractivity contribution is 5.96. The molecule has 2 heterocycles. The normalized spacial score (nSPS) is 13.8. The highest BCUT2D eigenvalue weighted by Gasteiger charge is 2.13. The van der Waals surface area contributed by atoms with Crippen LogP contribution in [0.5, 0.6) is 5.75 Å². The Balaban J connectivity index is 1.89. The van der Waals surface area contributed by atoms with Crippen LogP contribution in [0.4, 0.5) is 5.69 Å². The first-order valence-corrected chi connectivity index (χ1v) is 5.84. The summed E-state index contributed by atoms with van der Waals surface area (Å²) in [4.78, 5) is 9.64. The zero-order valence-electron chi connectivity index (χ0n) is 10.4. The van der Waals surface area contributed by atoms with Gasteiger partial charge in [0.2, 0.25) is 5.90 Å². The Morgan fingerprint density at radius 1 is 1.42 bits per heavy atom. The summed E-state index contributed by atoms with van der Waals surface area (Å²) < 4.78 is 10.8. The molecule has 0 amide bonds. The van der Waals surface area contributed by atoms with Crippen molar-refractivity contribution >= 4 is 11.6 Å². The predicted octanol–water partition coefficient (Wildman–Crippen LogP) is 0.939. The van der Waals surface area contributed by atoms with Crippen LogP contribution in [0.3, 0.4) is 0 Å². The van der Waals surface area contributed by atoms with E-state index in [1.54, 1.807) is 13.4 Å². The average molecular weight is 259 g/mol. The van der Waals surface area contributed by atoms with Gasteiger partial charge in [-0.25, -0.2) is 9.98 Å². The molecule has 3 rings (SSSR count). The molecule has 0 saturated carbocycles. The van der Waals surface area contributed by atoms with Gasteiger partial charge < -0.3 is 9.47 Å². The molecule has 0 radical (unpaired) electrons. The third kappa shape index (κ3) is 2.35. The number of rotatable bonds is 4. The summed E-state index contributed by atoms with van der Waals surface area (Å²) in [6.45, 7) is 1.34. The SMILES string of the molecule is COc1cc(C2=NCCO2)ccc1Nn1cncn1. The molecule has 0 spiro atoms. The van der Waals surface area contributed by atoms with Gasteiger partial charge in [0.15, 0.2) is 0 Å². The third-order valence-electron chi connectivity index (χ3n) is 2.69. The van der Waals surface area contributed by atoms with Crippen molar-refractivity contribution in [1.29, 1.82) is 0 Å². The van der Waals surface area contributed by atoms with Gasteiger partial charge in [-0.3, -0.25) is 5.43 Å². The fourth-order valence-electron chi connectivity index (χ4n) is 1.82. The first-order chi connectivity index (χ1) is 9.36. The molecule has 0 fully saturated rings. The molecule has 7 nitrogen and oxygen atoms in total. The van der Waals surface area contributed by atoms with Gasteiger partial charge in [-0.1, -0.05) is 0 Å². The second-order valence-electron chi connectivity index (χ2n) is 3.90. The number of anilines is 1. The maximum absolute atomic E-state index is 5.43. The van der Waals surface area contributed by atoms with E-state index < -0.39 is 0 Å². The van der Waals surface area contributed by atoms with E-state index in [1.165, 1.54) is 11.1 Å². The van der Waals surface area contributed by atoms with Crippen LogP contribution in [0.1, 0.15) is 5.56 Å². The summed E-state index contributed by atoms with van der Waals surface area (Å²) in [5.41, 5.74) is 4.75. The van der Waals surface area contributed by atoms with E-state index >= 15 is 0 Å². The molecule has 1 aromatic carbocycles. The molecule has 1 aliphatic rings. The monoisotopic (exact) mass is 259 g/mol. The van der Waals surface area contributed by atoms with Gasteiger partial charge in [0.1, 0.15) is 25.0 Å². The van der Waals surface area contributed by atoms with E-state index in [1.807, 2.05) is 18.2 Å². The number of methoxy groups -OCH3 is 1. The van der Waals surface area contributed by atoms with Crippen LogP contribution < -0.4 is 10.2 Å². The number of benzene rings is 1. The second kappa shape index (κ2) is 4.97. The molecule has 0 bridgehead atoms. The molecule has 0 atom stereocenters. The molecule has 1 aromatic heterocycles. The molecule has 0 saturated heterocycles. The van der Waals surface area contributed by atoms with Gasteiger partial charge in [-0.15, -0.1) is 5.10 Å². The number of nitrogens with one attached hydrogen (secondary N) is 1. The van der Waals surface area contributed by atoms with E-state index in [4.69, 9.17) is 9.47 Å². The maximum Gasteiger partial charge on any atom is 0.216 e. The molecule has 0 aliphatic carbocycles. The zero-order chi connectivity index (χ0) is 13.1. The van der Waals surface area contributed by atoms with Crippen molar-refractivity contribution in [2.45, 2.75) is 0 Å². The quantitative estimate of drug-likeness (QED) is 0.884. The smallest absolute Gasteiger partial charge is 0.216 e. The summed E-state index contributed by atoms with van der Waals surface area (Å²) in [7, 11) is 1.61. The van der Waals surface area contributed by atoms with Gasteiger partial charge in [-0.05, 0) is 18.2 Å². The second-order valence-corrected chi connectivity index (χ2v) is 3.90. The van der Waals surface area contributed by atoms with Crippen molar-refractivity contribution in [2.75, 3.05) is 25.7 Å². The Bertz CT molecular complexity index is 594. The molecule has 19 heavy (non-hydrogen) atoms. The number of ether oxygens (including phenoxy) is 2. The van der Waals surface area contributed by atoms with Crippen LogP contribution in [0.2, 0.25) is 0 Å². The Morgan fingerprint density at radius 3 is 3.05 bits per heavy atom. The van der Waals surface area contributed by atoms with Crippen LogP contribution in [-0.2, 0) is 4.74 Å². The number of aromatic nitrogens is 3. The topological polar surface area (TPSA) is 73.6 Å². The largest absolute Gasteiger partial charge is 0.494 e. The van der Waals surface area contributed by atoms with E-state index in [0.717, 1.165) is 11.3 Å². The van der Waals surface area contributed by atoms with Crippen molar-refractivity contribution in [1.82, 2.24) is 14.9 Å². The van der Waals surface area contributed by atoms with E-state index in [0.29, 0.717) is 24.8 Å². The Morgan fingerprint density at radius 2 is 2.37 bits per heavy atom. The van der Waals surface area contributed by atoms with Crippen LogP contribution in [-0.4, -0.2) is 41.0 Å².